The molecule has 1 aliphatic heterocycles. The molecule has 1 fully saturated rings. The third kappa shape index (κ3) is 1.78. The Morgan fingerprint density at radius 1 is 1.28 bits per heavy atom. The number of hydrogen-bond acceptors (Lipinski definition) is 3. The van der Waals surface area contributed by atoms with E-state index in [0.717, 1.165) is 24.1 Å². The number of hydrogen-bond donors (Lipinski definition) is 0. The molecule has 18 heavy (non-hydrogen) atoms. The minimum Gasteiger partial charge on any atom is -0.369 e. The van der Waals surface area contributed by atoms with E-state index in [9.17, 15) is 18.0 Å². The molecule has 0 aliphatic carbocycles. The first-order valence-corrected chi connectivity index (χ1v) is 6.24. The molecule has 0 aromatic heterocycles. The van der Waals surface area contributed by atoms with Gasteiger partial charge in [0.15, 0.2) is 23.6 Å². The molecule has 0 bridgehead atoms. The standard InChI is InChI=1S/C11H10F3NO2S/c1-17-10-9(15(18-2)11(10)16)5-3-4-6(12)8(14)7(5)13/h3-4,9-10H,1-2H3/t9-,10+/m0/s1. The van der Waals surface area contributed by atoms with Crippen molar-refractivity contribution in [1.29, 1.82) is 0 Å². The first-order valence-electron chi connectivity index (χ1n) is 5.06. The van der Waals surface area contributed by atoms with Gasteiger partial charge in [0, 0.05) is 18.9 Å². The van der Waals surface area contributed by atoms with Crippen LogP contribution in [0.15, 0.2) is 12.1 Å². The molecule has 1 aromatic carbocycles. The zero-order valence-corrected chi connectivity index (χ0v) is 10.4. The molecule has 1 aromatic rings. The molecule has 7 heteroatoms. The Kier molecular flexibility index (Phi) is 3.54. The van der Waals surface area contributed by atoms with Gasteiger partial charge in [-0.3, -0.25) is 9.10 Å². The molecule has 1 amide bonds. The van der Waals surface area contributed by atoms with E-state index in [1.807, 2.05) is 0 Å². The van der Waals surface area contributed by atoms with Crippen LogP contribution in [-0.2, 0) is 9.53 Å². The molecule has 0 spiro atoms. The molecule has 1 heterocycles. The molecule has 2 atom stereocenters. The molecule has 1 aliphatic rings. The van der Waals surface area contributed by atoms with Crippen molar-refractivity contribution in [2.24, 2.45) is 0 Å². The van der Waals surface area contributed by atoms with Crippen molar-refractivity contribution in [2.45, 2.75) is 12.1 Å². The number of nitrogens with zero attached hydrogens (tertiary/aromatic N) is 1. The van der Waals surface area contributed by atoms with Crippen molar-refractivity contribution in [3.63, 3.8) is 0 Å². The summed E-state index contributed by atoms with van der Waals surface area (Å²) in [5, 5.41) is 0. The highest BCUT2D eigenvalue weighted by atomic mass is 32.2. The number of β-lactam (4-membered cyclic amide) rings is 1. The second-order valence-electron chi connectivity index (χ2n) is 3.71. The van der Waals surface area contributed by atoms with Gasteiger partial charge in [-0.1, -0.05) is 18.0 Å². The summed E-state index contributed by atoms with van der Waals surface area (Å²) in [6.07, 6.45) is 0.769. The van der Waals surface area contributed by atoms with Crippen LogP contribution in [0.1, 0.15) is 11.6 Å². The van der Waals surface area contributed by atoms with Gasteiger partial charge in [-0.05, 0) is 6.07 Å². The Morgan fingerprint density at radius 3 is 2.50 bits per heavy atom. The number of rotatable bonds is 3. The Morgan fingerprint density at radius 2 is 1.94 bits per heavy atom. The van der Waals surface area contributed by atoms with Gasteiger partial charge in [-0.15, -0.1) is 0 Å². The number of methoxy groups -OCH3 is 1. The van der Waals surface area contributed by atoms with Crippen LogP contribution in [0.4, 0.5) is 13.2 Å². The van der Waals surface area contributed by atoms with Crippen molar-refractivity contribution < 1.29 is 22.7 Å². The van der Waals surface area contributed by atoms with E-state index in [4.69, 9.17) is 4.74 Å². The summed E-state index contributed by atoms with van der Waals surface area (Å²) in [5.74, 6) is -4.40. The van der Waals surface area contributed by atoms with Crippen LogP contribution in [0.2, 0.25) is 0 Å². The van der Waals surface area contributed by atoms with Crippen LogP contribution in [0.5, 0.6) is 0 Å². The molecular weight excluding hydrogens is 267 g/mol. The molecule has 2 rings (SSSR count). The highest BCUT2D eigenvalue weighted by molar-refractivity contribution is 7.96. The zero-order valence-electron chi connectivity index (χ0n) is 9.62. The van der Waals surface area contributed by atoms with Gasteiger partial charge in [-0.25, -0.2) is 13.2 Å². The third-order valence-corrected chi connectivity index (χ3v) is 3.63. The van der Waals surface area contributed by atoms with Crippen LogP contribution >= 0.6 is 11.9 Å². The molecule has 1 saturated heterocycles. The van der Waals surface area contributed by atoms with Crippen LogP contribution < -0.4 is 0 Å². The zero-order chi connectivity index (χ0) is 13.4. The average Bonchev–Trinajstić information content (AvgIpc) is 2.35. The normalized spacial score (nSPS) is 23.2. The fraction of sp³-hybridized carbons (Fsp3) is 0.364. The maximum Gasteiger partial charge on any atom is 0.264 e. The minimum absolute atomic E-state index is 0.0882. The molecule has 0 radical (unpaired) electrons. The number of carbonyl (C=O) groups is 1. The Balaban J connectivity index is 2.42. The fourth-order valence-electron chi connectivity index (χ4n) is 1.93. The maximum atomic E-state index is 13.7. The van der Waals surface area contributed by atoms with E-state index in [2.05, 4.69) is 0 Å². The van der Waals surface area contributed by atoms with Gasteiger partial charge in [0.1, 0.15) is 6.04 Å². The summed E-state index contributed by atoms with van der Waals surface area (Å²) >= 11 is 1.08. The van der Waals surface area contributed by atoms with Gasteiger partial charge in [0.25, 0.3) is 5.91 Å². The van der Waals surface area contributed by atoms with Crippen LogP contribution in [-0.4, -0.2) is 29.7 Å². The van der Waals surface area contributed by atoms with E-state index in [-0.39, 0.29) is 11.5 Å². The first kappa shape index (κ1) is 13.2. The third-order valence-electron chi connectivity index (χ3n) is 2.83. The largest absolute Gasteiger partial charge is 0.369 e. The molecular formula is C11H10F3NO2S. The number of ether oxygens (including phenoxy) is 1. The fourth-order valence-corrected chi connectivity index (χ4v) is 2.67. The van der Waals surface area contributed by atoms with E-state index in [1.165, 1.54) is 11.4 Å². The predicted octanol–water partition coefficient (Wildman–Crippen LogP) is 2.28. The van der Waals surface area contributed by atoms with Gasteiger partial charge < -0.3 is 4.74 Å². The maximum absolute atomic E-state index is 13.7. The lowest BCUT2D eigenvalue weighted by Gasteiger charge is -2.44. The quantitative estimate of drug-likeness (QED) is 0.482. The Hall–Kier alpha value is -1.21. The molecule has 98 valence electrons. The number of benzene rings is 1. The average molecular weight is 277 g/mol. The minimum atomic E-state index is -1.54. The van der Waals surface area contributed by atoms with Gasteiger partial charge in [0.05, 0.1) is 0 Å². The van der Waals surface area contributed by atoms with Crippen LogP contribution in [0.25, 0.3) is 0 Å². The van der Waals surface area contributed by atoms with Crippen LogP contribution in [0, 0.1) is 17.5 Å². The van der Waals surface area contributed by atoms with Gasteiger partial charge in [-0.2, -0.15) is 0 Å². The topological polar surface area (TPSA) is 29.5 Å². The lowest BCUT2D eigenvalue weighted by molar-refractivity contribution is -0.158. The molecule has 0 N–H and O–H groups in total. The summed E-state index contributed by atoms with van der Waals surface area (Å²) in [6, 6.07) is 1.22. The molecule has 0 unspecified atom stereocenters. The van der Waals surface area contributed by atoms with Crippen molar-refractivity contribution in [3.8, 4) is 0 Å². The Labute approximate surface area is 106 Å². The van der Waals surface area contributed by atoms with Gasteiger partial charge in [0.2, 0.25) is 0 Å². The smallest absolute Gasteiger partial charge is 0.264 e. The number of halogens is 3. The van der Waals surface area contributed by atoms with Crippen molar-refractivity contribution in [1.82, 2.24) is 4.31 Å². The summed E-state index contributed by atoms with van der Waals surface area (Å²) in [6.45, 7) is 0. The van der Waals surface area contributed by atoms with E-state index < -0.39 is 29.6 Å². The van der Waals surface area contributed by atoms with E-state index >= 15 is 0 Å². The highest BCUT2D eigenvalue weighted by Crippen LogP contribution is 2.42. The lowest BCUT2D eigenvalue weighted by Crippen LogP contribution is -2.56. The van der Waals surface area contributed by atoms with Crippen molar-refractivity contribution in [2.75, 3.05) is 13.4 Å². The summed E-state index contributed by atoms with van der Waals surface area (Å²) in [5.41, 5.74) is -0.0882. The highest BCUT2D eigenvalue weighted by Gasteiger charge is 2.50. The Bertz CT molecular complexity index is 483. The number of carbonyl (C=O) groups excluding carboxylic acids is 1. The van der Waals surface area contributed by atoms with E-state index in [1.54, 1.807) is 6.26 Å². The van der Waals surface area contributed by atoms with E-state index in [0.29, 0.717) is 0 Å². The number of amides is 1. The predicted molar refractivity (Wildman–Crippen MR) is 60.2 cm³/mol. The SMILES string of the molecule is CO[C@H]1C(=O)N(SC)[C@H]1c1ccc(F)c(F)c1F. The molecule has 3 nitrogen and oxygen atoms in total. The van der Waals surface area contributed by atoms with Crippen molar-refractivity contribution in [3.05, 3.63) is 35.1 Å². The molecule has 0 saturated carbocycles. The summed E-state index contributed by atoms with van der Waals surface area (Å²) < 4.78 is 45.9. The van der Waals surface area contributed by atoms with Gasteiger partial charge >= 0.3 is 0 Å². The first-order chi connectivity index (χ1) is 8.52. The van der Waals surface area contributed by atoms with Crippen LogP contribution in [0.3, 0.4) is 0 Å². The second kappa shape index (κ2) is 4.81. The second-order valence-corrected chi connectivity index (χ2v) is 4.47. The summed E-state index contributed by atoms with van der Waals surface area (Å²) in [4.78, 5) is 11.6. The monoisotopic (exact) mass is 277 g/mol. The van der Waals surface area contributed by atoms with Crippen molar-refractivity contribution >= 4 is 17.9 Å². The summed E-state index contributed by atoms with van der Waals surface area (Å²) in [7, 11) is 1.31. The lowest BCUT2D eigenvalue weighted by atomic mass is 9.93.